The molecule has 1 aromatic rings. The highest BCUT2D eigenvalue weighted by atomic mass is 16.2. The van der Waals surface area contributed by atoms with Crippen molar-refractivity contribution in [1.29, 1.82) is 0 Å². The van der Waals surface area contributed by atoms with Crippen molar-refractivity contribution in [3.05, 3.63) is 29.8 Å². The number of hydrogen-bond acceptors (Lipinski definition) is 3. The molecule has 1 aliphatic heterocycles. The molecular weight excluding hydrogens is 290 g/mol. The number of carbonyl (C=O) groups is 2. The average molecular weight is 317 g/mol. The van der Waals surface area contributed by atoms with E-state index < -0.39 is 0 Å². The van der Waals surface area contributed by atoms with Crippen LogP contribution in [0.15, 0.2) is 24.3 Å². The summed E-state index contributed by atoms with van der Waals surface area (Å²) in [5.41, 5.74) is 1.88. The molecule has 1 heterocycles. The van der Waals surface area contributed by atoms with Gasteiger partial charge in [0.25, 0.3) is 0 Å². The number of rotatable bonds is 5. The highest BCUT2D eigenvalue weighted by Crippen LogP contribution is 2.16. The van der Waals surface area contributed by atoms with Crippen LogP contribution < -0.4 is 5.32 Å². The van der Waals surface area contributed by atoms with Crippen LogP contribution in [0, 0.1) is 5.92 Å². The van der Waals surface area contributed by atoms with Gasteiger partial charge in [0.2, 0.25) is 11.8 Å². The van der Waals surface area contributed by atoms with E-state index in [1.54, 1.807) is 19.0 Å². The highest BCUT2D eigenvalue weighted by Gasteiger charge is 2.20. The van der Waals surface area contributed by atoms with Gasteiger partial charge in [-0.2, -0.15) is 0 Å². The second-order valence-electron chi connectivity index (χ2n) is 6.60. The first-order valence-electron chi connectivity index (χ1n) is 8.26. The number of nitrogens with one attached hydrogen (secondary N) is 1. The number of carbonyl (C=O) groups excluding carboxylic acids is 2. The summed E-state index contributed by atoms with van der Waals surface area (Å²) in [7, 11) is 3.51. The second-order valence-corrected chi connectivity index (χ2v) is 6.60. The summed E-state index contributed by atoms with van der Waals surface area (Å²) in [4.78, 5) is 27.4. The predicted octanol–water partition coefficient (Wildman–Crippen LogP) is 1.99. The van der Waals surface area contributed by atoms with Gasteiger partial charge in [-0.25, -0.2) is 0 Å². The maximum atomic E-state index is 12.2. The van der Waals surface area contributed by atoms with Crippen LogP contribution in [0.4, 0.5) is 5.69 Å². The summed E-state index contributed by atoms with van der Waals surface area (Å²) in [6.45, 7) is 4.26. The van der Waals surface area contributed by atoms with E-state index in [1.807, 2.05) is 29.2 Å². The third-order valence-electron chi connectivity index (χ3n) is 4.26. The summed E-state index contributed by atoms with van der Waals surface area (Å²) in [6, 6.07) is 7.70. The molecule has 0 spiro atoms. The van der Waals surface area contributed by atoms with Gasteiger partial charge in [-0.1, -0.05) is 19.1 Å². The van der Waals surface area contributed by atoms with Crippen LogP contribution in [0.2, 0.25) is 0 Å². The van der Waals surface area contributed by atoms with Crippen LogP contribution in [-0.4, -0.2) is 55.3 Å². The minimum atomic E-state index is 0.0834. The Bertz CT molecular complexity index is 540. The number of likely N-dealkylation sites (N-methyl/N-ethyl adjacent to an activating group) is 1. The van der Waals surface area contributed by atoms with Crippen molar-refractivity contribution >= 4 is 17.5 Å². The summed E-state index contributed by atoms with van der Waals surface area (Å²) >= 11 is 0. The number of piperidine rings is 1. The summed E-state index contributed by atoms with van der Waals surface area (Å²) < 4.78 is 0. The molecule has 0 bridgehead atoms. The number of anilines is 1. The molecule has 2 amide bonds. The van der Waals surface area contributed by atoms with E-state index in [9.17, 15) is 9.59 Å². The maximum absolute atomic E-state index is 12.2. The molecule has 5 nitrogen and oxygen atoms in total. The Hall–Kier alpha value is -2.04. The number of likely N-dealkylation sites (tertiary alicyclic amines) is 1. The SMILES string of the molecule is C[C@H]1CCCN(C(=O)CNc2ccc(CC(=O)N(C)C)cc2)C1. The number of hydrogen-bond donors (Lipinski definition) is 1. The van der Waals surface area contributed by atoms with Crippen LogP contribution in [0.5, 0.6) is 0 Å². The standard InChI is InChI=1S/C18H27N3O2/c1-14-5-4-10-21(13-14)18(23)12-19-16-8-6-15(7-9-16)11-17(22)20(2)3/h6-9,14,19H,4-5,10-13H2,1-3H3/t14-/m0/s1. The van der Waals surface area contributed by atoms with Crippen LogP contribution in [0.1, 0.15) is 25.3 Å². The van der Waals surface area contributed by atoms with Gasteiger partial charge in [-0.3, -0.25) is 9.59 Å². The zero-order chi connectivity index (χ0) is 16.8. The molecule has 1 saturated heterocycles. The normalized spacial score (nSPS) is 17.7. The quantitative estimate of drug-likeness (QED) is 0.903. The Morgan fingerprint density at radius 2 is 1.96 bits per heavy atom. The molecule has 1 aromatic carbocycles. The van der Waals surface area contributed by atoms with Crippen molar-refractivity contribution in [1.82, 2.24) is 9.80 Å². The van der Waals surface area contributed by atoms with E-state index >= 15 is 0 Å². The highest BCUT2D eigenvalue weighted by molar-refractivity contribution is 5.81. The van der Waals surface area contributed by atoms with Gasteiger partial charge in [-0.15, -0.1) is 0 Å². The zero-order valence-corrected chi connectivity index (χ0v) is 14.3. The van der Waals surface area contributed by atoms with Gasteiger partial charge < -0.3 is 15.1 Å². The van der Waals surface area contributed by atoms with Crippen LogP contribution in [0.3, 0.4) is 0 Å². The fourth-order valence-electron chi connectivity index (χ4n) is 2.78. The number of nitrogens with zero attached hydrogens (tertiary/aromatic N) is 2. The van der Waals surface area contributed by atoms with E-state index in [1.165, 1.54) is 6.42 Å². The Balaban J connectivity index is 1.81. The van der Waals surface area contributed by atoms with Crippen molar-refractivity contribution in [2.24, 2.45) is 5.92 Å². The van der Waals surface area contributed by atoms with E-state index in [0.29, 0.717) is 18.9 Å². The number of amides is 2. The monoisotopic (exact) mass is 317 g/mol. The van der Waals surface area contributed by atoms with E-state index in [2.05, 4.69) is 12.2 Å². The van der Waals surface area contributed by atoms with Crippen LogP contribution in [0.25, 0.3) is 0 Å². The fraction of sp³-hybridized carbons (Fsp3) is 0.556. The van der Waals surface area contributed by atoms with Crippen molar-refractivity contribution in [3.63, 3.8) is 0 Å². The van der Waals surface area contributed by atoms with Gasteiger partial charge >= 0.3 is 0 Å². The first-order chi connectivity index (χ1) is 11.0. The molecule has 2 rings (SSSR count). The summed E-state index contributed by atoms with van der Waals surface area (Å²) in [5, 5.41) is 3.17. The van der Waals surface area contributed by atoms with Crippen LogP contribution >= 0.6 is 0 Å². The summed E-state index contributed by atoms with van der Waals surface area (Å²) in [6.07, 6.45) is 2.71. The predicted molar refractivity (Wildman–Crippen MR) is 92.3 cm³/mol. The van der Waals surface area contributed by atoms with E-state index in [-0.39, 0.29) is 11.8 Å². The lowest BCUT2D eigenvalue weighted by molar-refractivity contribution is -0.131. The molecule has 23 heavy (non-hydrogen) atoms. The van der Waals surface area contributed by atoms with E-state index in [0.717, 1.165) is 30.8 Å². The first-order valence-corrected chi connectivity index (χ1v) is 8.26. The molecule has 1 aliphatic rings. The van der Waals surface area contributed by atoms with Gasteiger partial charge in [0.15, 0.2) is 0 Å². The Labute approximate surface area is 138 Å². The molecule has 126 valence electrons. The lowest BCUT2D eigenvalue weighted by Gasteiger charge is -2.31. The van der Waals surface area contributed by atoms with Crippen molar-refractivity contribution in [3.8, 4) is 0 Å². The van der Waals surface area contributed by atoms with Crippen LogP contribution in [-0.2, 0) is 16.0 Å². The minimum absolute atomic E-state index is 0.0834. The summed E-state index contributed by atoms with van der Waals surface area (Å²) in [5.74, 6) is 0.838. The van der Waals surface area contributed by atoms with Crippen molar-refractivity contribution in [2.75, 3.05) is 39.0 Å². The smallest absolute Gasteiger partial charge is 0.241 e. The second kappa shape index (κ2) is 7.99. The molecule has 0 saturated carbocycles. The molecule has 0 unspecified atom stereocenters. The maximum Gasteiger partial charge on any atom is 0.241 e. The Kier molecular flexibility index (Phi) is 6.02. The molecule has 1 fully saturated rings. The lowest BCUT2D eigenvalue weighted by Crippen LogP contribution is -2.41. The topological polar surface area (TPSA) is 52.7 Å². The minimum Gasteiger partial charge on any atom is -0.376 e. The average Bonchev–Trinajstić information content (AvgIpc) is 2.53. The Morgan fingerprint density at radius 1 is 1.26 bits per heavy atom. The Morgan fingerprint density at radius 3 is 2.57 bits per heavy atom. The third kappa shape index (κ3) is 5.27. The molecule has 5 heteroatoms. The van der Waals surface area contributed by atoms with Gasteiger partial charge in [-0.05, 0) is 36.5 Å². The zero-order valence-electron chi connectivity index (χ0n) is 14.3. The first kappa shape index (κ1) is 17.3. The van der Waals surface area contributed by atoms with Gasteiger partial charge in [0, 0.05) is 32.9 Å². The molecule has 1 atom stereocenters. The van der Waals surface area contributed by atoms with Crippen molar-refractivity contribution in [2.45, 2.75) is 26.2 Å². The lowest BCUT2D eigenvalue weighted by atomic mass is 10.0. The van der Waals surface area contributed by atoms with E-state index in [4.69, 9.17) is 0 Å². The molecule has 0 aromatic heterocycles. The molecular formula is C18H27N3O2. The molecule has 1 N–H and O–H groups in total. The van der Waals surface area contributed by atoms with Gasteiger partial charge in [0.05, 0.1) is 13.0 Å². The molecule has 0 radical (unpaired) electrons. The van der Waals surface area contributed by atoms with Gasteiger partial charge in [0.1, 0.15) is 0 Å². The van der Waals surface area contributed by atoms with Crippen molar-refractivity contribution < 1.29 is 9.59 Å². The molecule has 0 aliphatic carbocycles. The third-order valence-corrected chi connectivity index (χ3v) is 4.26. The largest absolute Gasteiger partial charge is 0.376 e. The number of benzene rings is 1. The fourth-order valence-corrected chi connectivity index (χ4v) is 2.78.